The number of nitrogens with zero attached hydrogens (tertiary/aromatic N) is 1. The van der Waals surface area contributed by atoms with Crippen molar-refractivity contribution in [2.75, 3.05) is 23.3 Å². The Labute approximate surface area is 175 Å². The van der Waals surface area contributed by atoms with Gasteiger partial charge in [-0.3, -0.25) is 34.2 Å². The first-order chi connectivity index (χ1) is 14.8. The number of nitrogens with one attached hydrogen (secondary N) is 4. The molecule has 0 saturated heterocycles. The summed E-state index contributed by atoms with van der Waals surface area (Å²) in [6.07, 6.45) is 0.658. The third-order valence-corrected chi connectivity index (χ3v) is 5.13. The lowest BCUT2D eigenvalue weighted by atomic mass is 10.1. The van der Waals surface area contributed by atoms with Gasteiger partial charge in [-0.15, -0.1) is 0 Å². The number of carbonyl (C=O) groups is 3. The molecule has 1 aromatic heterocycles. The van der Waals surface area contributed by atoms with Gasteiger partial charge in [0, 0.05) is 24.7 Å². The predicted molar refractivity (Wildman–Crippen MR) is 114 cm³/mol. The fraction of sp³-hybridized carbons (Fsp3) is 0.190. The maximum absolute atomic E-state index is 12.5. The summed E-state index contributed by atoms with van der Waals surface area (Å²) in [7, 11) is 0. The van der Waals surface area contributed by atoms with Crippen molar-refractivity contribution in [2.24, 2.45) is 0 Å². The van der Waals surface area contributed by atoms with Crippen molar-refractivity contribution in [3.05, 3.63) is 68.2 Å². The number of H-pyrrole nitrogens is 2. The van der Waals surface area contributed by atoms with Crippen LogP contribution in [0.25, 0.3) is 10.8 Å². The van der Waals surface area contributed by atoms with Crippen LogP contribution in [0.4, 0.5) is 11.4 Å². The lowest BCUT2D eigenvalue weighted by Crippen LogP contribution is -2.33. The molecule has 0 radical (unpaired) electrons. The van der Waals surface area contributed by atoms with Gasteiger partial charge in [0.25, 0.3) is 17.0 Å². The number of rotatable bonds is 4. The van der Waals surface area contributed by atoms with E-state index in [-0.39, 0.29) is 28.9 Å². The van der Waals surface area contributed by atoms with Crippen LogP contribution in [0.1, 0.15) is 22.8 Å². The number of fused-ring (bicyclic) bond motifs is 2. The quantitative estimate of drug-likeness (QED) is 0.485. The number of amides is 3. The molecule has 31 heavy (non-hydrogen) atoms. The van der Waals surface area contributed by atoms with Gasteiger partial charge in [0.05, 0.1) is 23.0 Å². The van der Waals surface area contributed by atoms with Crippen molar-refractivity contribution in [3.8, 4) is 0 Å². The molecule has 0 atom stereocenters. The number of hydrogen-bond donors (Lipinski definition) is 4. The summed E-state index contributed by atoms with van der Waals surface area (Å²) in [5, 5.41) is 9.72. The highest BCUT2D eigenvalue weighted by atomic mass is 16.2. The highest BCUT2D eigenvalue weighted by Crippen LogP contribution is 2.28. The summed E-state index contributed by atoms with van der Waals surface area (Å²) in [4.78, 5) is 62.0. The van der Waals surface area contributed by atoms with Gasteiger partial charge in [0.1, 0.15) is 0 Å². The SMILES string of the molecule is CC(=O)N1CCc2cc(C(=O)NCC(=O)Nc3cccc4c(=O)[nH][nH]c(=O)c34)ccc21. The molecule has 0 spiro atoms. The van der Waals surface area contributed by atoms with Gasteiger partial charge in [-0.1, -0.05) is 6.07 Å². The van der Waals surface area contributed by atoms with E-state index in [0.717, 1.165) is 11.3 Å². The molecule has 3 amide bonds. The first-order valence-corrected chi connectivity index (χ1v) is 9.58. The fourth-order valence-electron chi connectivity index (χ4n) is 3.66. The molecule has 2 heterocycles. The molecule has 4 rings (SSSR count). The third kappa shape index (κ3) is 3.82. The molecule has 4 N–H and O–H groups in total. The first kappa shape index (κ1) is 20.1. The van der Waals surface area contributed by atoms with Crippen molar-refractivity contribution in [1.82, 2.24) is 15.5 Å². The average molecular weight is 421 g/mol. The van der Waals surface area contributed by atoms with Crippen molar-refractivity contribution in [3.63, 3.8) is 0 Å². The molecule has 2 aromatic carbocycles. The topological polar surface area (TPSA) is 144 Å². The number of aromatic nitrogens is 2. The Morgan fingerprint density at radius 3 is 2.61 bits per heavy atom. The van der Waals surface area contributed by atoms with E-state index in [1.165, 1.54) is 19.1 Å². The molecule has 0 unspecified atom stereocenters. The largest absolute Gasteiger partial charge is 0.343 e. The maximum atomic E-state index is 12.5. The monoisotopic (exact) mass is 421 g/mol. The van der Waals surface area contributed by atoms with Crippen molar-refractivity contribution in [1.29, 1.82) is 0 Å². The standard InChI is InChI=1S/C21H19N5O5/c1-11(27)26-8-7-12-9-13(5-6-16(12)26)19(29)22-10-17(28)23-15-4-2-3-14-18(15)21(31)25-24-20(14)30/h2-6,9H,7-8,10H2,1H3,(H,22,29)(H,23,28)(H,24,30)(H,25,31). The smallest absolute Gasteiger partial charge is 0.272 e. The molecule has 10 nitrogen and oxygen atoms in total. The zero-order valence-corrected chi connectivity index (χ0v) is 16.6. The van der Waals surface area contributed by atoms with E-state index >= 15 is 0 Å². The van der Waals surface area contributed by atoms with Crippen LogP contribution >= 0.6 is 0 Å². The van der Waals surface area contributed by atoms with Crippen LogP contribution in [-0.2, 0) is 16.0 Å². The zero-order chi connectivity index (χ0) is 22.1. The van der Waals surface area contributed by atoms with E-state index in [0.29, 0.717) is 18.5 Å². The average Bonchev–Trinajstić information content (AvgIpc) is 3.18. The first-order valence-electron chi connectivity index (χ1n) is 9.58. The van der Waals surface area contributed by atoms with E-state index in [1.54, 1.807) is 29.2 Å². The zero-order valence-electron chi connectivity index (χ0n) is 16.6. The summed E-state index contributed by atoms with van der Waals surface area (Å²) in [6, 6.07) is 9.55. The van der Waals surface area contributed by atoms with Crippen LogP contribution in [0.2, 0.25) is 0 Å². The molecule has 1 aliphatic rings. The minimum absolute atomic E-state index is 0.0538. The second-order valence-corrected chi connectivity index (χ2v) is 7.13. The molecule has 3 aromatic rings. The van der Waals surface area contributed by atoms with Crippen LogP contribution in [0, 0.1) is 0 Å². The summed E-state index contributed by atoms with van der Waals surface area (Å²) < 4.78 is 0. The van der Waals surface area contributed by atoms with Crippen molar-refractivity contribution in [2.45, 2.75) is 13.3 Å². The molecule has 0 bridgehead atoms. The van der Waals surface area contributed by atoms with Crippen LogP contribution in [0.3, 0.4) is 0 Å². The Balaban J connectivity index is 1.44. The second-order valence-electron chi connectivity index (χ2n) is 7.13. The Bertz CT molecular complexity index is 1340. The predicted octanol–water partition coefficient (Wildman–Crippen LogP) is 0.494. The van der Waals surface area contributed by atoms with E-state index in [4.69, 9.17) is 0 Å². The van der Waals surface area contributed by atoms with Crippen LogP contribution in [0.15, 0.2) is 46.0 Å². The van der Waals surface area contributed by atoms with Crippen molar-refractivity contribution >= 4 is 39.9 Å². The summed E-state index contributed by atoms with van der Waals surface area (Å²) in [5.41, 5.74) is 1.20. The van der Waals surface area contributed by atoms with E-state index in [1.807, 2.05) is 0 Å². The van der Waals surface area contributed by atoms with Crippen molar-refractivity contribution < 1.29 is 14.4 Å². The molecule has 1 aliphatic heterocycles. The second kappa shape index (κ2) is 7.90. The minimum atomic E-state index is -0.551. The van der Waals surface area contributed by atoms with Crippen LogP contribution in [-0.4, -0.2) is 41.0 Å². The number of hydrogen-bond acceptors (Lipinski definition) is 5. The molecule has 158 valence electrons. The highest BCUT2D eigenvalue weighted by molar-refractivity contribution is 6.04. The molecular formula is C21H19N5O5. The highest BCUT2D eigenvalue weighted by Gasteiger charge is 2.23. The number of carbonyl (C=O) groups excluding carboxylic acids is 3. The number of benzene rings is 2. The fourth-order valence-corrected chi connectivity index (χ4v) is 3.66. The van der Waals surface area contributed by atoms with E-state index in [9.17, 15) is 24.0 Å². The van der Waals surface area contributed by atoms with Gasteiger partial charge in [-0.05, 0) is 42.3 Å². The number of anilines is 2. The van der Waals surface area contributed by atoms with Gasteiger partial charge in [0.15, 0.2) is 0 Å². The summed E-state index contributed by atoms with van der Waals surface area (Å²) >= 11 is 0. The summed E-state index contributed by atoms with van der Waals surface area (Å²) in [5.74, 6) is -1.04. The molecule has 0 saturated carbocycles. The van der Waals surface area contributed by atoms with Gasteiger partial charge < -0.3 is 15.5 Å². The van der Waals surface area contributed by atoms with Gasteiger partial charge >= 0.3 is 0 Å². The Hall–Kier alpha value is -4.21. The molecule has 10 heteroatoms. The molecule has 0 aliphatic carbocycles. The van der Waals surface area contributed by atoms with Crippen LogP contribution in [0.5, 0.6) is 0 Å². The van der Waals surface area contributed by atoms with E-state index < -0.39 is 22.9 Å². The number of aromatic amines is 2. The Morgan fingerprint density at radius 1 is 1.06 bits per heavy atom. The molecule has 0 fully saturated rings. The third-order valence-electron chi connectivity index (χ3n) is 5.13. The Kier molecular flexibility index (Phi) is 5.12. The van der Waals surface area contributed by atoms with E-state index in [2.05, 4.69) is 20.8 Å². The maximum Gasteiger partial charge on any atom is 0.272 e. The molecular weight excluding hydrogens is 402 g/mol. The van der Waals surface area contributed by atoms with Gasteiger partial charge in [-0.2, -0.15) is 0 Å². The normalized spacial score (nSPS) is 12.5. The van der Waals surface area contributed by atoms with Gasteiger partial charge in [0.2, 0.25) is 11.8 Å². The lowest BCUT2D eigenvalue weighted by Gasteiger charge is -2.14. The summed E-state index contributed by atoms with van der Waals surface area (Å²) in [6.45, 7) is 1.74. The minimum Gasteiger partial charge on any atom is -0.343 e. The van der Waals surface area contributed by atoms with Crippen LogP contribution < -0.4 is 26.7 Å². The lowest BCUT2D eigenvalue weighted by molar-refractivity contribution is -0.116. The Morgan fingerprint density at radius 2 is 1.84 bits per heavy atom. The van der Waals surface area contributed by atoms with Gasteiger partial charge in [-0.25, -0.2) is 0 Å².